The quantitative estimate of drug-likeness (QED) is 0.855. The van der Waals surface area contributed by atoms with Crippen molar-refractivity contribution < 1.29 is 4.42 Å². The highest BCUT2D eigenvalue weighted by Crippen LogP contribution is 2.26. The van der Waals surface area contributed by atoms with E-state index in [1.807, 2.05) is 12.1 Å². The van der Waals surface area contributed by atoms with E-state index in [0.29, 0.717) is 16.8 Å². The molecule has 18 heavy (non-hydrogen) atoms. The number of nitrogens with zero attached hydrogens (tertiary/aromatic N) is 2. The zero-order chi connectivity index (χ0) is 13.0. The third-order valence-electron chi connectivity index (χ3n) is 2.34. The Balaban J connectivity index is 2.13. The third-order valence-corrected chi connectivity index (χ3v) is 3.02. The summed E-state index contributed by atoms with van der Waals surface area (Å²) >= 11 is 9.36. The molecule has 0 aliphatic heterocycles. The molecule has 0 fully saturated rings. The number of hydrogen-bond acceptors (Lipinski definition) is 4. The smallest absolute Gasteiger partial charge is 0.247 e. The monoisotopic (exact) mass is 329 g/mol. The topological polar surface area (TPSA) is 51.0 Å². The number of hydrogen-bond donors (Lipinski definition) is 1. The van der Waals surface area contributed by atoms with Gasteiger partial charge >= 0.3 is 0 Å². The molecule has 1 N–H and O–H groups in total. The second kappa shape index (κ2) is 6.31. The van der Waals surface area contributed by atoms with Gasteiger partial charge < -0.3 is 9.73 Å². The Labute approximate surface area is 119 Å². The van der Waals surface area contributed by atoms with E-state index in [1.54, 1.807) is 6.07 Å². The first kappa shape index (κ1) is 13.5. The molecule has 0 radical (unpaired) electrons. The molecule has 0 bridgehead atoms. The number of nitrogens with one attached hydrogen (secondary N) is 1. The molecule has 0 saturated carbocycles. The van der Waals surface area contributed by atoms with Crippen LogP contribution >= 0.6 is 27.5 Å². The van der Waals surface area contributed by atoms with Crippen LogP contribution < -0.4 is 5.32 Å². The number of likely N-dealkylation sites (N-methyl/N-ethyl adjacent to an activating group) is 1. The van der Waals surface area contributed by atoms with Crippen LogP contribution in [0.1, 0.15) is 12.8 Å². The summed E-state index contributed by atoms with van der Waals surface area (Å²) in [5.74, 6) is 1.12. The molecule has 2 rings (SSSR count). The predicted molar refractivity (Wildman–Crippen MR) is 74.7 cm³/mol. The minimum absolute atomic E-state index is 0.490. The van der Waals surface area contributed by atoms with E-state index in [2.05, 4.69) is 38.4 Å². The van der Waals surface area contributed by atoms with Gasteiger partial charge in [-0.15, -0.1) is 10.2 Å². The maximum atomic E-state index is 5.98. The molecule has 0 atom stereocenters. The number of aromatic nitrogens is 2. The van der Waals surface area contributed by atoms with Gasteiger partial charge in [-0.25, -0.2) is 0 Å². The normalized spacial score (nSPS) is 10.8. The van der Waals surface area contributed by atoms with Crippen molar-refractivity contribution in [2.24, 2.45) is 0 Å². The summed E-state index contributed by atoms with van der Waals surface area (Å²) in [6.45, 7) is 3.82. The largest absolute Gasteiger partial charge is 0.421 e. The van der Waals surface area contributed by atoms with Crippen molar-refractivity contribution in [1.29, 1.82) is 0 Å². The van der Waals surface area contributed by atoms with E-state index in [9.17, 15) is 0 Å². The van der Waals surface area contributed by atoms with Crippen LogP contribution in [-0.2, 0) is 6.42 Å². The van der Waals surface area contributed by atoms with Gasteiger partial charge in [0.15, 0.2) is 0 Å². The summed E-state index contributed by atoms with van der Waals surface area (Å²) in [4.78, 5) is 0. The highest BCUT2D eigenvalue weighted by Gasteiger charge is 2.09. The lowest BCUT2D eigenvalue weighted by molar-refractivity contribution is 0.496. The van der Waals surface area contributed by atoms with Crippen LogP contribution in [0.2, 0.25) is 5.02 Å². The molecular weight excluding hydrogens is 318 g/mol. The molecule has 0 unspecified atom stereocenters. The summed E-state index contributed by atoms with van der Waals surface area (Å²) in [6, 6.07) is 5.51. The van der Waals surface area contributed by atoms with Crippen molar-refractivity contribution in [1.82, 2.24) is 15.5 Å². The van der Waals surface area contributed by atoms with Crippen molar-refractivity contribution in [2.75, 3.05) is 13.1 Å². The molecular formula is C12H13BrClN3O. The summed E-state index contributed by atoms with van der Waals surface area (Å²) < 4.78 is 6.47. The Morgan fingerprint density at radius 1 is 1.33 bits per heavy atom. The van der Waals surface area contributed by atoms with Gasteiger partial charge in [0.1, 0.15) is 0 Å². The van der Waals surface area contributed by atoms with Crippen LogP contribution in [-0.4, -0.2) is 23.3 Å². The fourth-order valence-corrected chi connectivity index (χ4v) is 2.38. The molecule has 1 heterocycles. The molecule has 1 aromatic carbocycles. The van der Waals surface area contributed by atoms with Crippen LogP contribution in [0.5, 0.6) is 0 Å². The van der Waals surface area contributed by atoms with Crippen LogP contribution in [0.25, 0.3) is 11.5 Å². The lowest BCUT2D eigenvalue weighted by Crippen LogP contribution is -2.16. The lowest BCUT2D eigenvalue weighted by Gasteiger charge is -1.98. The average Bonchev–Trinajstić information content (AvgIpc) is 2.77. The number of benzene rings is 1. The SMILES string of the molecule is CCNCCc1nnc(-c2cc(Cl)cc(Br)c2)o1. The standard InChI is InChI=1S/C12H13BrClN3O/c1-2-15-4-3-11-16-17-12(18-11)8-5-9(13)7-10(14)6-8/h5-7,15H,2-4H2,1H3. The van der Waals surface area contributed by atoms with Crippen LogP contribution in [0.15, 0.2) is 27.1 Å². The highest BCUT2D eigenvalue weighted by atomic mass is 79.9. The molecule has 1 aromatic heterocycles. The van der Waals surface area contributed by atoms with Crippen molar-refractivity contribution in [3.05, 3.63) is 33.6 Å². The lowest BCUT2D eigenvalue weighted by atomic mass is 10.2. The van der Waals surface area contributed by atoms with Gasteiger partial charge in [0, 0.05) is 28.0 Å². The zero-order valence-electron chi connectivity index (χ0n) is 9.91. The van der Waals surface area contributed by atoms with E-state index < -0.39 is 0 Å². The second-order valence-corrected chi connectivity index (χ2v) is 5.11. The molecule has 0 aliphatic rings. The zero-order valence-corrected chi connectivity index (χ0v) is 12.3. The number of halogens is 2. The minimum atomic E-state index is 0.490. The molecule has 0 saturated heterocycles. The fourth-order valence-electron chi connectivity index (χ4n) is 1.52. The molecule has 96 valence electrons. The maximum Gasteiger partial charge on any atom is 0.247 e. The summed E-state index contributed by atoms with van der Waals surface area (Å²) in [6.07, 6.45) is 0.725. The van der Waals surface area contributed by atoms with Gasteiger partial charge in [0.25, 0.3) is 0 Å². The van der Waals surface area contributed by atoms with Gasteiger partial charge in [-0.3, -0.25) is 0 Å². The molecule has 0 aliphatic carbocycles. The van der Waals surface area contributed by atoms with Crippen molar-refractivity contribution >= 4 is 27.5 Å². The Bertz CT molecular complexity index is 510. The Hall–Kier alpha value is -0.910. The molecule has 4 nitrogen and oxygen atoms in total. The highest BCUT2D eigenvalue weighted by molar-refractivity contribution is 9.10. The summed E-state index contributed by atoms with van der Waals surface area (Å²) in [5.41, 5.74) is 0.816. The van der Waals surface area contributed by atoms with Gasteiger partial charge in [0.05, 0.1) is 0 Å². The third kappa shape index (κ3) is 3.54. The predicted octanol–water partition coefficient (Wildman–Crippen LogP) is 3.30. The fraction of sp³-hybridized carbons (Fsp3) is 0.333. The average molecular weight is 331 g/mol. The summed E-state index contributed by atoms with van der Waals surface area (Å²) in [5, 5.41) is 11.9. The second-order valence-electron chi connectivity index (χ2n) is 3.76. The van der Waals surface area contributed by atoms with Crippen molar-refractivity contribution in [3.8, 4) is 11.5 Å². The molecule has 0 spiro atoms. The van der Waals surface area contributed by atoms with Gasteiger partial charge in [-0.2, -0.15) is 0 Å². The van der Waals surface area contributed by atoms with E-state index in [-0.39, 0.29) is 0 Å². The van der Waals surface area contributed by atoms with Gasteiger partial charge in [-0.05, 0) is 24.7 Å². The van der Waals surface area contributed by atoms with Crippen molar-refractivity contribution in [2.45, 2.75) is 13.3 Å². The Morgan fingerprint density at radius 2 is 2.17 bits per heavy atom. The Morgan fingerprint density at radius 3 is 2.89 bits per heavy atom. The molecule has 6 heteroatoms. The minimum Gasteiger partial charge on any atom is -0.421 e. The Kier molecular flexibility index (Phi) is 4.74. The van der Waals surface area contributed by atoms with E-state index in [4.69, 9.17) is 16.0 Å². The van der Waals surface area contributed by atoms with Crippen LogP contribution in [0.3, 0.4) is 0 Å². The first-order valence-corrected chi connectivity index (χ1v) is 6.85. The molecule has 2 aromatic rings. The van der Waals surface area contributed by atoms with Crippen LogP contribution in [0.4, 0.5) is 0 Å². The molecule has 0 amide bonds. The van der Waals surface area contributed by atoms with E-state index in [0.717, 1.165) is 29.5 Å². The summed E-state index contributed by atoms with van der Waals surface area (Å²) in [7, 11) is 0. The van der Waals surface area contributed by atoms with E-state index >= 15 is 0 Å². The van der Waals surface area contributed by atoms with Gasteiger partial charge in [0.2, 0.25) is 11.8 Å². The maximum absolute atomic E-state index is 5.98. The first-order valence-electron chi connectivity index (χ1n) is 5.68. The first-order chi connectivity index (χ1) is 8.69. The number of rotatable bonds is 5. The van der Waals surface area contributed by atoms with Crippen molar-refractivity contribution in [3.63, 3.8) is 0 Å². The van der Waals surface area contributed by atoms with E-state index in [1.165, 1.54) is 0 Å². The van der Waals surface area contributed by atoms with Crippen LogP contribution in [0, 0.1) is 0 Å². The van der Waals surface area contributed by atoms with Gasteiger partial charge in [-0.1, -0.05) is 34.5 Å².